The van der Waals surface area contributed by atoms with Gasteiger partial charge in [0.1, 0.15) is 11.3 Å². The summed E-state index contributed by atoms with van der Waals surface area (Å²) < 4.78 is 0. The number of aryl methyl sites for hydroxylation is 1. The molecule has 2 atom stereocenters. The van der Waals surface area contributed by atoms with Crippen LogP contribution in [0, 0.1) is 18.3 Å². The molecule has 2 aliphatic rings. The summed E-state index contributed by atoms with van der Waals surface area (Å²) in [5.41, 5.74) is 2.78. The second kappa shape index (κ2) is 7.37. The summed E-state index contributed by atoms with van der Waals surface area (Å²) in [6, 6.07) is 7.66. The van der Waals surface area contributed by atoms with Crippen molar-refractivity contribution in [2.45, 2.75) is 57.2 Å². The van der Waals surface area contributed by atoms with Crippen LogP contribution in [0.15, 0.2) is 18.5 Å². The lowest BCUT2D eigenvalue weighted by Crippen LogP contribution is -2.47. The first-order chi connectivity index (χ1) is 14.2. The highest BCUT2D eigenvalue weighted by molar-refractivity contribution is 5.88. The molecule has 0 aromatic carbocycles. The molecule has 2 aliphatic heterocycles. The van der Waals surface area contributed by atoms with Gasteiger partial charge in [-0.05, 0) is 32.6 Å². The lowest BCUT2D eigenvalue weighted by atomic mass is 9.97. The van der Waals surface area contributed by atoms with E-state index in [0.29, 0.717) is 24.5 Å². The Balaban J connectivity index is 1.35. The number of hydrogen-bond acceptors (Lipinski definition) is 7. The number of hydrogen-bond donors (Lipinski definition) is 4. The molecule has 9 nitrogen and oxygen atoms in total. The first-order valence-electron chi connectivity index (χ1n) is 10.2. The Morgan fingerprint density at radius 1 is 1.24 bits per heavy atom. The molecule has 2 unspecified atom stereocenters. The summed E-state index contributed by atoms with van der Waals surface area (Å²) >= 11 is 0. The Morgan fingerprint density at radius 3 is 2.79 bits per heavy atom. The van der Waals surface area contributed by atoms with Crippen LogP contribution in [-0.2, 0) is 0 Å². The van der Waals surface area contributed by atoms with Crippen molar-refractivity contribution < 1.29 is 0 Å². The topological polar surface area (TPSA) is 121 Å². The highest BCUT2D eigenvalue weighted by Gasteiger charge is 2.40. The maximum absolute atomic E-state index is 8.93. The van der Waals surface area contributed by atoms with Gasteiger partial charge in [0, 0.05) is 48.9 Å². The highest BCUT2D eigenvalue weighted by Crippen LogP contribution is 2.37. The van der Waals surface area contributed by atoms with Crippen molar-refractivity contribution >= 4 is 28.5 Å². The van der Waals surface area contributed by atoms with Crippen molar-refractivity contribution in [1.82, 2.24) is 30.0 Å². The number of nitriles is 1. The van der Waals surface area contributed by atoms with Crippen molar-refractivity contribution in [3.8, 4) is 6.07 Å². The lowest BCUT2D eigenvalue weighted by molar-refractivity contribution is 0.136. The van der Waals surface area contributed by atoms with Crippen LogP contribution < -0.4 is 10.6 Å². The van der Waals surface area contributed by atoms with E-state index in [1.807, 2.05) is 19.1 Å². The van der Waals surface area contributed by atoms with Crippen LogP contribution in [0.25, 0.3) is 11.0 Å². The van der Waals surface area contributed by atoms with E-state index in [1.165, 1.54) is 12.8 Å². The molecule has 2 bridgehead atoms. The molecule has 3 aromatic heterocycles. The molecule has 5 heterocycles. The summed E-state index contributed by atoms with van der Waals surface area (Å²) in [7, 11) is 0. The smallest absolute Gasteiger partial charge is 0.156 e. The number of pyridine rings is 1. The fourth-order valence-corrected chi connectivity index (χ4v) is 4.85. The van der Waals surface area contributed by atoms with Gasteiger partial charge in [0.2, 0.25) is 0 Å². The van der Waals surface area contributed by atoms with Gasteiger partial charge in [0.05, 0.1) is 17.9 Å². The lowest BCUT2D eigenvalue weighted by Gasteiger charge is -2.39. The van der Waals surface area contributed by atoms with Crippen molar-refractivity contribution in [3.05, 3.63) is 24.2 Å². The van der Waals surface area contributed by atoms with Crippen LogP contribution in [0.4, 0.5) is 17.5 Å². The Bertz CT molecular complexity index is 1030. The predicted octanol–water partition coefficient (Wildman–Crippen LogP) is 3.05. The number of nitrogens with one attached hydrogen (secondary N) is 4. The minimum Gasteiger partial charge on any atom is -0.365 e. The largest absolute Gasteiger partial charge is 0.365 e. The number of fused-ring (bicyclic) bond motifs is 3. The van der Waals surface area contributed by atoms with Gasteiger partial charge in [-0.15, -0.1) is 0 Å². The number of aromatic amines is 2. The Hall–Kier alpha value is -3.12. The fourth-order valence-electron chi connectivity index (χ4n) is 4.85. The summed E-state index contributed by atoms with van der Waals surface area (Å²) in [6.07, 6.45) is 6.91. The van der Waals surface area contributed by atoms with E-state index in [1.54, 1.807) is 6.33 Å². The maximum Gasteiger partial charge on any atom is 0.156 e. The van der Waals surface area contributed by atoms with E-state index < -0.39 is 0 Å². The molecule has 0 radical (unpaired) electrons. The number of aromatic nitrogens is 5. The van der Waals surface area contributed by atoms with Crippen molar-refractivity contribution in [2.24, 2.45) is 0 Å². The van der Waals surface area contributed by atoms with Crippen LogP contribution >= 0.6 is 0 Å². The number of imidazole rings is 1. The van der Waals surface area contributed by atoms with Gasteiger partial charge in [0.15, 0.2) is 11.6 Å². The SMILES string of the molecule is Cc1cc(Nc2cc3[nH]cnc3c(NC3CC4CCC(C3)N4CCC#N)n2)n[nH]1. The van der Waals surface area contributed by atoms with Gasteiger partial charge in [0.25, 0.3) is 0 Å². The van der Waals surface area contributed by atoms with E-state index in [0.717, 1.165) is 53.6 Å². The Morgan fingerprint density at radius 2 is 2.07 bits per heavy atom. The number of rotatable bonds is 6. The molecule has 29 heavy (non-hydrogen) atoms. The van der Waals surface area contributed by atoms with Crippen molar-refractivity contribution in [1.29, 1.82) is 5.26 Å². The first-order valence-corrected chi connectivity index (χ1v) is 10.2. The van der Waals surface area contributed by atoms with Crippen molar-refractivity contribution in [2.75, 3.05) is 17.2 Å². The molecular formula is C20H25N9. The number of H-pyrrole nitrogens is 2. The molecule has 0 saturated carbocycles. The summed E-state index contributed by atoms with van der Waals surface area (Å²) in [5.74, 6) is 2.27. The molecule has 0 spiro atoms. The average molecular weight is 391 g/mol. The summed E-state index contributed by atoms with van der Waals surface area (Å²) in [4.78, 5) is 15.0. The van der Waals surface area contributed by atoms with Crippen LogP contribution in [0.1, 0.15) is 37.8 Å². The highest BCUT2D eigenvalue weighted by atomic mass is 15.2. The Labute approximate surface area is 168 Å². The monoisotopic (exact) mass is 391 g/mol. The van der Waals surface area contributed by atoms with Gasteiger partial charge in [-0.2, -0.15) is 10.4 Å². The third kappa shape index (κ3) is 3.51. The molecule has 2 saturated heterocycles. The molecular weight excluding hydrogens is 366 g/mol. The average Bonchev–Trinajstić information content (AvgIpc) is 3.39. The minimum absolute atomic E-state index is 0.362. The summed E-state index contributed by atoms with van der Waals surface area (Å²) in [5, 5.41) is 23.0. The van der Waals surface area contributed by atoms with E-state index in [-0.39, 0.29) is 0 Å². The van der Waals surface area contributed by atoms with Gasteiger partial charge in [-0.3, -0.25) is 10.00 Å². The van der Waals surface area contributed by atoms with E-state index in [2.05, 4.69) is 41.8 Å². The first kappa shape index (κ1) is 17.9. The molecule has 9 heteroatoms. The third-order valence-corrected chi connectivity index (χ3v) is 6.08. The number of anilines is 3. The Kier molecular flexibility index (Phi) is 4.56. The zero-order valence-corrected chi connectivity index (χ0v) is 16.4. The number of piperidine rings is 1. The molecule has 150 valence electrons. The van der Waals surface area contributed by atoms with Crippen molar-refractivity contribution in [3.63, 3.8) is 0 Å². The van der Waals surface area contributed by atoms with Crippen LogP contribution in [0.5, 0.6) is 0 Å². The van der Waals surface area contributed by atoms with Crippen LogP contribution in [0.3, 0.4) is 0 Å². The molecule has 0 aliphatic carbocycles. The van der Waals surface area contributed by atoms with Gasteiger partial charge < -0.3 is 15.6 Å². The van der Waals surface area contributed by atoms with Gasteiger partial charge in [-0.25, -0.2) is 9.97 Å². The van der Waals surface area contributed by atoms with Crippen LogP contribution in [0.2, 0.25) is 0 Å². The normalized spacial score (nSPS) is 23.9. The second-order valence-electron chi connectivity index (χ2n) is 8.06. The van der Waals surface area contributed by atoms with E-state index >= 15 is 0 Å². The third-order valence-electron chi connectivity index (χ3n) is 6.08. The van der Waals surface area contributed by atoms with E-state index in [4.69, 9.17) is 10.2 Å². The molecule has 2 fully saturated rings. The standard InChI is InChI=1S/C20H25N9/c1-12-7-18(28-27-12)25-17-10-16-19(23-11-22-16)20(26-17)24-13-8-14-3-4-15(9-13)29(14)6-2-5-21/h7,10-11,13-15H,2-4,6,8-9H2,1H3,(H,22,23)(H3,24,25,26,27,28). The molecule has 0 amide bonds. The van der Waals surface area contributed by atoms with Crippen LogP contribution in [-0.4, -0.2) is 54.7 Å². The minimum atomic E-state index is 0.362. The molecule has 5 rings (SSSR count). The summed E-state index contributed by atoms with van der Waals surface area (Å²) in [6.45, 7) is 2.86. The number of nitrogens with zero attached hydrogens (tertiary/aromatic N) is 5. The zero-order valence-electron chi connectivity index (χ0n) is 16.4. The van der Waals surface area contributed by atoms with Gasteiger partial charge in [-0.1, -0.05) is 0 Å². The predicted molar refractivity (Wildman–Crippen MR) is 111 cm³/mol. The van der Waals surface area contributed by atoms with E-state index in [9.17, 15) is 0 Å². The second-order valence-corrected chi connectivity index (χ2v) is 8.06. The van der Waals surface area contributed by atoms with Gasteiger partial charge >= 0.3 is 0 Å². The maximum atomic E-state index is 8.93. The quantitative estimate of drug-likeness (QED) is 0.509. The molecule has 4 N–H and O–H groups in total. The zero-order chi connectivity index (χ0) is 19.8. The molecule has 3 aromatic rings. The fraction of sp³-hybridized carbons (Fsp3) is 0.500.